The fourth-order valence-corrected chi connectivity index (χ4v) is 1.10. The SMILES string of the molecule is Cc1cc(-c2ccnn2C)on1. The lowest BCUT2D eigenvalue weighted by molar-refractivity contribution is 0.424. The summed E-state index contributed by atoms with van der Waals surface area (Å²) in [6, 6.07) is 3.77. The van der Waals surface area contributed by atoms with Crippen LogP contribution in [-0.2, 0) is 7.05 Å². The maximum Gasteiger partial charge on any atom is 0.185 e. The van der Waals surface area contributed by atoms with Crippen molar-refractivity contribution in [1.29, 1.82) is 0 Å². The van der Waals surface area contributed by atoms with Gasteiger partial charge in [-0.1, -0.05) is 5.16 Å². The normalized spacial score (nSPS) is 10.5. The van der Waals surface area contributed by atoms with Crippen LogP contribution in [0, 0.1) is 6.92 Å². The highest BCUT2D eigenvalue weighted by molar-refractivity contribution is 5.51. The number of aryl methyl sites for hydroxylation is 2. The van der Waals surface area contributed by atoms with Crippen molar-refractivity contribution in [1.82, 2.24) is 14.9 Å². The molecular formula is C8H9N3O. The first-order valence-electron chi connectivity index (χ1n) is 3.69. The van der Waals surface area contributed by atoms with Gasteiger partial charge in [-0.3, -0.25) is 4.68 Å². The van der Waals surface area contributed by atoms with Crippen LogP contribution in [0.3, 0.4) is 0 Å². The molecule has 0 aliphatic heterocycles. The molecule has 0 fully saturated rings. The Labute approximate surface area is 69.8 Å². The van der Waals surface area contributed by atoms with Gasteiger partial charge in [0.2, 0.25) is 0 Å². The van der Waals surface area contributed by atoms with Crippen molar-refractivity contribution in [2.24, 2.45) is 7.05 Å². The predicted octanol–water partition coefficient (Wildman–Crippen LogP) is 1.38. The fourth-order valence-electron chi connectivity index (χ4n) is 1.10. The second-order valence-corrected chi connectivity index (χ2v) is 2.67. The summed E-state index contributed by atoms with van der Waals surface area (Å²) in [7, 11) is 1.87. The van der Waals surface area contributed by atoms with E-state index in [2.05, 4.69) is 10.3 Å². The Bertz CT molecular complexity index is 388. The van der Waals surface area contributed by atoms with Gasteiger partial charge in [-0.2, -0.15) is 5.10 Å². The van der Waals surface area contributed by atoms with Gasteiger partial charge >= 0.3 is 0 Å². The molecule has 2 heterocycles. The molecule has 4 heteroatoms. The van der Waals surface area contributed by atoms with Crippen LogP contribution in [0.4, 0.5) is 0 Å². The van der Waals surface area contributed by atoms with Gasteiger partial charge in [-0.15, -0.1) is 0 Å². The topological polar surface area (TPSA) is 43.9 Å². The van der Waals surface area contributed by atoms with Crippen LogP contribution in [0.15, 0.2) is 22.9 Å². The average molecular weight is 163 g/mol. The van der Waals surface area contributed by atoms with Gasteiger partial charge in [0.15, 0.2) is 5.76 Å². The monoisotopic (exact) mass is 163 g/mol. The molecule has 0 atom stereocenters. The molecule has 62 valence electrons. The Balaban J connectivity index is 2.50. The molecule has 0 aromatic carbocycles. The molecule has 2 aromatic rings. The van der Waals surface area contributed by atoms with Gasteiger partial charge in [0.25, 0.3) is 0 Å². The molecule has 0 aliphatic carbocycles. The molecule has 4 nitrogen and oxygen atoms in total. The molecule has 0 spiro atoms. The number of hydrogen-bond donors (Lipinski definition) is 0. The lowest BCUT2D eigenvalue weighted by atomic mass is 10.3. The summed E-state index contributed by atoms with van der Waals surface area (Å²) in [5, 5.41) is 7.83. The summed E-state index contributed by atoms with van der Waals surface area (Å²) in [5.74, 6) is 0.757. The van der Waals surface area contributed by atoms with Crippen LogP contribution < -0.4 is 0 Å². The second-order valence-electron chi connectivity index (χ2n) is 2.67. The molecular weight excluding hydrogens is 154 g/mol. The minimum Gasteiger partial charge on any atom is -0.354 e. The van der Waals surface area contributed by atoms with Gasteiger partial charge in [0.1, 0.15) is 5.69 Å². The Morgan fingerprint density at radius 2 is 2.33 bits per heavy atom. The standard InChI is InChI=1S/C8H9N3O/c1-6-5-8(12-10-6)7-3-4-9-11(7)2/h3-5H,1-2H3. The first-order valence-corrected chi connectivity index (χ1v) is 3.69. The molecule has 0 bridgehead atoms. The lowest BCUT2D eigenvalue weighted by Gasteiger charge is -1.93. The van der Waals surface area contributed by atoms with E-state index in [1.54, 1.807) is 10.9 Å². The quantitative estimate of drug-likeness (QED) is 0.638. The largest absolute Gasteiger partial charge is 0.354 e. The zero-order valence-corrected chi connectivity index (χ0v) is 6.98. The Morgan fingerprint density at radius 3 is 2.83 bits per heavy atom. The van der Waals surface area contributed by atoms with E-state index in [0.29, 0.717) is 0 Å². The molecule has 12 heavy (non-hydrogen) atoms. The zero-order valence-electron chi connectivity index (χ0n) is 6.98. The van der Waals surface area contributed by atoms with Gasteiger partial charge < -0.3 is 4.52 Å². The summed E-state index contributed by atoms with van der Waals surface area (Å²) >= 11 is 0. The van der Waals surface area contributed by atoms with Gasteiger partial charge in [-0.05, 0) is 13.0 Å². The molecule has 0 aliphatic rings. The molecule has 2 aromatic heterocycles. The second kappa shape index (κ2) is 2.48. The molecule has 0 saturated heterocycles. The third-order valence-electron chi connectivity index (χ3n) is 1.70. The average Bonchev–Trinajstić information content (AvgIpc) is 2.58. The van der Waals surface area contributed by atoms with Crippen LogP contribution in [-0.4, -0.2) is 14.9 Å². The Morgan fingerprint density at radius 1 is 1.50 bits per heavy atom. The summed E-state index contributed by atoms with van der Waals surface area (Å²) in [6.45, 7) is 1.89. The zero-order chi connectivity index (χ0) is 8.55. The van der Waals surface area contributed by atoms with Gasteiger partial charge in [0, 0.05) is 19.3 Å². The highest BCUT2D eigenvalue weighted by Gasteiger charge is 2.06. The van der Waals surface area contributed by atoms with Crippen molar-refractivity contribution in [2.75, 3.05) is 0 Å². The van der Waals surface area contributed by atoms with Crippen LogP contribution in [0.2, 0.25) is 0 Å². The summed E-state index contributed by atoms with van der Waals surface area (Å²) < 4.78 is 6.83. The van der Waals surface area contributed by atoms with Crippen molar-refractivity contribution >= 4 is 0 Å². The van der Waals surface area contributed by atoms with Crippen LogP contribution in [0.25, 0.3) is 11.5 Å². The molecule has 0 unspecified atom stereocenters. The highest BCUT2D eigenvalue weighted by atomic mass is 16.5. The van der Waals surface area contributed by atoms with Crippen molar-refractivity contribution in [3.05, 3.63) is 24.0 Å². The van der Waals surface area contributed by atoms with E-state index in [-0.39, 0.29) is 0 Å². The minimum atomic E-state index is 0.757. The predicted molar refractivity (Wildman–Crippen MR) is 43.4 cm³/mol. The summed E-state index contributed by atoms with van der Waals surface area (Å²) in [4.78, 5) is 0. The van der Waals surface area contributed by atoms with E-state index in [9.17, 15) is 0 Å². The first kappa shape index (κ1) is 7.09. The van der Waals surface area contributed by atoms with Crippen LogP contribution in [0.1, 0.15) is 5.69 Å². The smallest absolute Gasteiger partial charge is 0.185 e. The van der Waals surface area contributed by atoms with Gasteiger partial charge in [0.05, 0.1) is 5.69 Å². The number of nitrogens with zero attached hydrogens (tertiary/aromatic N) is 3. The third-order valence-corrected chi connectivity index (χ3v) is 1.70. The van der Waals surface area contributed by atoms with Crippen LogP contribution >= 0.6 is 0 Å². The van der Waals surface area contributed by atoms with Crippen LogP contribution in [0.5, 0.6) is 0 Å². The first-order chi connectivity index (χ1) is 5.77. The van der Waals surface area contributed by atoms with E-state index in [1.165, 1.54) is 0 Å². The van der Waals surface area contributed by atoms with E-state index >= 15 is 0 Å². The van der Waals surface area contributed by atoms with Crippen molar-refractivity contribution in [2.45, 2.75) is 6.92 Å². The maximum atomic E-state index is 5.08. The van der Waals surface area contributed by atoms with Crippen molar-refractivity contribution in [3.63, 3.8) is 0 Å². The Hall–Kier alpha value is -1.58. The third kappa shape index (κ3) is 1.01. The van der Waals surface area contributed by atoms with E-state index in [0.717, 1.165) is 17.1 Å². The van der Waals surface area contributed by atoms with Crippen molar-refractivity contribution < 1.29 is 4.52 Å². The van der Waals surface area contributed by atoms with E-state index < -0.39 is 0 Å². The van der Waals surface area contributed by atoms with E-state index in [4.69, 9.17) is 4.52 Å². The molecule has 0 amide bonds. The number of rotatable bonds is 1. The summed E-state index contributed by atoms with van der Waals surface area (Å²) in [6.07, 6.45) is 1.73. The molecule has 2 rings (SSSR count). The number of aromatic nitrogens is 3. The number of hydrogen-bond acceptors (Lipinski definition) is 3. The molecule has 0 N–H and O–H groups in total. The molecule has 0 radical (unpaired) electrons. The van der Waals surface area contributed by atoms with Crippen molar-refractivity contribution in [3.8, 4) is 11.5 Å². The summed E-state index contributed by atoms with van der Waals surface area (Å²) in [5.41, 5.74) is 1.82. The fraction of sp³-hybridized carbons (Fsp3) is 0.250. The molecule has 0 saturated carbocycles. The Kier molecular flexibility index (Phi) is 1.46. The maximum absolute atomic E-state index is 5.08. The lowest BCUT2D eigenvalue weighted by Crippen LogP contribution is -1.91. The van der Waals surface area contributed by atoms with Gasteiger partial charge in [-0.25, -0.2) is 0 Å². The van der Waals surface area contributed by atoms with E-state index in [1.807, 2.05) is 26.1 Å². The highest BCUT2D eigenvalue weighted by Crippen LogP contribution is 2.18. The minimum absolute atomic E-state index is 0.757.